The van der Waals surface area contributed by atoms with Crippen LogP contribution in [-0.4, -0.2) is 34.3 Å². The fraction of sp³-hybridized carbons (Fsp3) is 0.300. The zero-order valence-electron chi connectivity index (χ0n) is 9.09. The molecule has 0 aromatic heterocycles. The topological polar surface area (TPSA) is 58.7 Å². The first-order chi connectivity index (χ1) is 8.08. The van der Waals surface area contributed by atoms with Crippen LogP contribution in [-0.2, 0) is 0 Å². The fourth-order valence-electron chi connectivity index (χ4n) is 1.40. The second kappa shape index (κ2) is 4.93. The summed E-state index contributed by atoms with van der Waals surface area (Å²) >= 11 is 7.59. The Labute approximate surface area is 108 Å². The van der Waals surface area contributed by atoms with Gasteiger partial charge >= 0.3 is 0 Å². The summed E-state index contributed by atoms with van der Waals surface area (Å²) in [5.41, 5.74) is 0.441. The molecule has 1 aromatic rings. The van der Waals surface area contributed by atoms with Gasteiger partial charge in [-0.1, -0.05) is 23.4 Å². The zero-order chi connectivity index (χ0) is 12.4. The number of nitro benzene ring substituents is 1. The van der Waals surface area contributed by atoms with Gasteiger partial charge in [0.15, 0.2) is 5.17 Å². The van der Waals surface area contributed by atoms with E-state index in [4.69, 9.17) is 11.6 Å². The molecule has 0 aliphatic carbocycles. The molecule has 0 bridgehead atoms. The minimum Gasteiger partial charge on any atom is -0.353 e. The summed E-state index contributed by atoms with van der Waals surface area (Å²) in [6.07, 6.45) is 0. The van der Waals surface area contributed by atoms with Gasteiger partial charge < -0.3 is 4.90 Å². The molecular weight excluding hydrogens is 262 g/mol. The first kappa shape index (κ1) is 12.2. The van der Waals surface area contributed by atoms with E-state index >= 15 is 0 Å². The number of rotatable bonds is 2. The number of benzene rings is 1. The summed E-state index contributed by atoms with van der Waals surface area (Å²) < 4.78 is 0. The third-order valence-electron chi connectivity index (χ3n) is 2.34. The predicted octanol–water partition coefficient (Wildman–Crippen LogP) is 2.91. The van der Waals surface area contributed by atoms with E-state index in [2.05, 4.69) is 4.99 Å². The van der Waals surface area contributed by atoms with E-state index in [0.29, 0.717) is 10.7 Å². The minimum atomic E-state index is -0.453. The lowest BCUT2D eigenvalue weighted by atomic mass is 10.3. The normalized spacial score (nSPS) is 17.8. The average Bonchev–Trinajstić information content (AvgIpc) is 2.67. The Morgan fingerprint density at radius 2 is 2.35 bits per heavy atom. The number of amidine groups is 1. The molecule has 7 heteroatoms. The third-order valence-corrected chi connectivity index (χ3v) is 3.71. The van der Waals surface area contributed by atoms with Gasteiger partial charge in [-0.2, -0.15) is 0 Å². The highest BCUT2D eigenvalue weighted by atomic mass is 35.5. The summed E-state index contributed by atoms with van der Waals surface area (Å²) in [6.45, 7) is 0.927. The first-order valence-electron chi connectivity index (χ1n) is 4.94. The number of hydrogen-bond donors (Lipinski definition) is 0. The van der Waals surface area contributed by atoms with Gasteiger partial charge in [0.2, 0.25) is 0 Å². The molecule has 1 saturated heterocycles. The highest BCUT2D eigenvalue weighted by Gasteiger charge is 2.16. The van der Waals surface area contributed by atoms with Gasteiger partial charge in [-0.25, -0.2) is 4.99 Å². The van der Waals surface area contributed by atoms with Crippen LogP contribution in [0.1, 0.15) is 0 Å². The van der Waals surface area contributed by atoms with Crippen molar-refractivity contribution in [1.82, 2.24) is 4.90 Å². The quantitative estimate of drug-likeness (QED) is 0.613. The molecule has 0 N–H and O–H groups in total. The lowest BCUT2D eigenvalue weighted by Crippen LogP contribution is -2.17. The van der Waals surface area contributed by atoms with Gasteiger partial charge in [-0.15, -0.1) is 0 Å². The molecule has 5 nitrogen and oxygen atoms in total. The molecule has 2 rings (SSSR count). The van der Waals surface area contributed by atoms with Crippen molar-refractivity contribution in [1.29, 1.82) is 0 Å². The number of nitro groups is 1. The Bertz CT molecular complexity index is 492. The lowest BCUT2D eigenvalue weighted by molar-refractivity contribution is -0.384. The largest absolute Gasteiger partial charge is 0.353 e. The molecule has 0 atom stereocenters. The molecule has 1 fully saturated rings. The van der Waals surface area contributed by atoms with Crippen molar-refractivity contribution in [3.05, 3.63) is 33.3 Å². The van der Waals surface area contributed by atoms with Crippen molar-refractivity contribution in [3.63, 3.8) is 0 Å². The van der Waals surface area contributed by atoms with Crippen LogP contribution >= 0.6 is 23.4 Å². The second-order valence-corrected chi connectivity index (χ2v) is 5.03. The van der Waals surface area contributed by atoms with Crippen LogP contribution in [0.25, 0.3) is 0 Å². The number of halogens is 1. The smallest absolute Gasteiger partial charge is 0.271 e. The molecule has 1 aromatic carbocycles. The SMILES string of the molecule is CN1CCSC1=Nc1cc([N+](=O)[O-])ccc1Cl. The molecule has 0 amide bonds. The van der Waals surface area contributed by atoms with Crippen LogP contribution in [0.5, 0.6) is 0 Å². The van der Waals surface area contributed by atoms with Crippen molar-refractivity contribution >= 4 is 39.9 Å². The molecule has 0 radical (unpaired) electrons. The predicted molar refractivity (Wildman–Crippen MR) is 70.3 cm³/mol. The molecule has 17 heavy (non-hydrogen) atoms. The van der Waals surface area contributed by atoms with Gasteiger partial charge in [0.1, 0.15) is 0 Å². The van der Waals surface area contributed by atoms with Crippen LogP contribution in [0, 0.1) is 10.1 Å². The van der Waals surface area contributed by atoms with Gasteiger partial charge in [-0.3, -0.25) is 10.1 Å². The Morgan fingerprint density at radius 1 is 1.59 bits per heavy atom. The van der Waals surface area contributed by atoms with Crippen LogP contribution < -0.4 is 0 Å². The maximum absolute atomic E-state index is 10.7. The molecule has 0 saturated carbocycles. The molecule has 0 spiro atoms. The van der Waals surface area contributed by atoms with E-state index in [0.717, 1.165) is 17.5 Å². The molecular formula is C10H10ClN3O2S. The van der Waals surface area contributed by atoms with E-state index in [1.807, 2.05) is 11.9 Å². The van der Waals surface area contributed by atoms with Crippen molar-refractivity contribution in [3.8, 4) is 0 Å². The molecule has 0 unspecified atom stereocenters. The van der Waals surface area contributed by atoms with E-state index in [-0.39, 0.29) is 5.69 Å². The van der Waals surface area contributed by atoms with E-state index in [9.17, 15) is 10.1 Å². The standard InChI is InChI=1S/C10H10ClN3O2S/c1-13-4-5-17-10(13)12-9-6-7(14(15)16)2-3-8(9)11/h2-3,6H,4-5H2,1H3. The summed E-state index contributed by atoms with van der Waals surface area (Å²) in [5.74, 6) is 0.974. The Balaban J connectivity index is 2.37. The highest BCUT2D eigenvalue weighted by molar-refractivity contribution is 8.14. The number of hydrogen-bond acceptors (Lipinski definition) is 4. The average molecular weight is 272 g/mol. The van der Waals surface area contributed by atoms with E-state index in [1.54, 1.807) is 11.8 Å². The molecule has 1 heterocycles. The van der Waals surface area contributed by atoms with Gasteiger partial charge in [0.25, 0.3) is 5.69 Å². The number of aliphatic imine (C=N–C) groups is 1. The Kier molecular flexibility index (Phi) is 3.54. The van der Waals surface area contributed by atoms with Crippen LogP contribution in [0.2, 0.25) is 5.02 Å². The minimum absolute atomic E-state index is 0.000556. The number of non-ortho nitro benzene ring substituents is 1. The lowest BCUT2D eigenvalue weighted by Gasteiger charge is -2.09. The van der Waals surface area contributed by atoms with Gasteiger partial charge in [-0.05, 0) is 6.07 Å². The number of nitrogens with zero attached hydrogens (tertiary/aromatic N) is 3. The van der Waals surface area contributed by atoms with Gasteiger partial charge in [0, 0.05) is 31.5 Å². The molecule has 1 aliphatic heterocycles. The second-order valence-electron chi connectivity index (χ2n) is 3.56. The number of thioether (sulfide) groups is 1. The molecule has 90 valence electrons. The van der Waals surface area contributed by atoms with Crippen molar-refractivity contribution in [2.45, 2.75) is 0 Å². The third kappa shape index (κ3) is 2.70. The van der Waals surface area contributed by atoms with Crippen molar-refractivity contribution in [2.75, 3.05) is 19.3 Å². The van der Waals surface area contributed by atoms with Crippen molar-refractivity contribution < 1.29 is 4.92 Å². The maximum Gasteiger partial charge on any atom is 0.271 e. The molecule has 1 aliphatic rings. The monoisotopic (exact) mass is 271 g/mol. The first-order valence-corrected chi connectivity index (χ1v) is 6.31. The fourth-order valence-corrected chi connectivity index (χ4v) is 2.58. The van der Waals surface area contributed by atoms with Crippen LogP contribution in [0.4, 0.5) is 11.4 Å². The van der Waals surface area contributed by atoms with Crippen LogP contribution in [0.15, 0.2) is 23.2 Å². The van der Waals surface area contributed by atoms with Crippen LogP contribution in [0.3, 0.4) is 0 Å². The van der Waals surface area contributed by atoms with E-state index in [1.165, 1.54) is 18.2 Å². The maximum atomic E-state index is 10.7. The summed E-state index contributed by atoms with van der Waals surface area (Å²) in [4.78, 5) is 16.6. The van der Waals surface area contributed by atoms with Crippen molar-refractivity contribution in [2.24, 2.45) is 4.99 Å². The zero-order valence-corrected chi connectivity index (χ0v) is 10.7. The Hall–Kier alpha value is -1.27. The highest BCUT2D eigenvalue weighted by Crippen LogP contribution is 2.31. The van der Waals surface area contributed by atoms with E-state index < -0.39 is 4.92 Å². The summed E-state index contributed by atoms with van der Waals surface area (Å²) in [6, 6.07) is 4.26. The summed E-state index contributed by atoms with van der Waals surface area (Å²) in [5, 5.41) is 11.9. The summed E-state index contributed by atoms with van der Waals surface area (Å²) in [7, 11) is 1.93. The Morgan fingerprint density at radius 3 is 2.94 bits per heavy atom. The van der Waals surface area contributed by atoms with Gasteiger partial charge in [0.05, 0.1) is 15.6 Å².